The number of hydrogen-bond donors (Lipinski definition) is 2. The first-order chi connectivity index (χ1) is 10.1. The van der Waals surface area contributed by atoms with Gasteiger partial charge >= 0.3 is 0 Å². The van der Waals surface area contributed by atoms with Crippen molar-refractivity contribution in [1.29, 1.82) is 0 Å². The van der Waals surface area contributed by atoms with Crippen LogP contribution in [-0.2, 0) is 6.54 Å². The molecule has 5 heteroatoms. The van der Waals surface area contributed by atoms with E-state index in [1.807, 2.05) is 37.3 Å². The van der Waals surface area contributed by atoms with Crippen molar-refractivity contribution in [2.75, 3.05) is 0 Å². The summed E-state index contributed by atoms with van der Waals surface area (Å²) in [7, 11) is 0. The van der Waals surface area contributed by atoms with Gasteiger partial charge in [0.1, 0.15) is 5.82 Å². The second-order valence-corrected chi connectivity index (χ2v) is 4.89. The summed E-state index contributed by atoms with van der Waals surface area (Å²) in [5.41, 5.74) is 5.50. The quantitative estimate of drug-likeness (QED) is 0.517. The van der Waals surface area contributed by atoms with E-state index >= 15 is 0 Å². The summed E-state index contributed by atoms with van der Waals surface area (Å²) in [5, 5.41) is 7.69. The minimum Gasteiger partial charge on any atom is -0.357 e. The van der Waals surface area contributed by atoms with Crippen LogP contribution in [0.3, 0.4) is 0 Å². The minimum absolute atomic E-state index is 0.264. The van der Waals surface area contributed by atoms with Crippen LogP contribution < -0.4 is 10.7 Å². The van der Waals surface area contributed by atoms with Crippen molar-refractivity contribution in [3.8, 4) is 0 Å². The highest BCUT2D eigenvalue weighted by Crippen LogP contribution is 2.03. The highest BCUT2D eigenvalue weighted by molar-refractivity contribution is 7.80. The molecule has 0 aliphatic carbocycles. The molecular formula is C16H16FN3S. The minimum atomic E-state index is -0.264. The van der Waals surface area contributed by atoms with Crippen molar-refractivity contribution in [2.24, 2.45) is 5.10 Å². The zero-order valence-corrected chi connectivity index (χ0v) is 12.5. The van der Waals surface area contributed by atoms with Crippen LogP contribution in [0.5, 0.6) is 0 Å². The van der Waals surface area contributed by atoms with Crippen molar-refractivity contribution < 1.29 is 4.39 Å². The van der Waals surface area contributed by atoms with Crippen LogP contribution in [0.4, 0.5) is 4.39 Å². The molecule has 21 heavy (non-hydrogen) atoms. The Hall–Kier alpha value is -2.27. The number of benzene rings is 2. The fourth-order valence-corrected chi connectivity index (χ4v) is 1.83. The zero-order chi connectivity index (χ0) is 15.1. The van der Waals surface area contributed by atoms with Crippen LogP contribution >= 0.6 is 12.2 Å². The van der Waals surface area contributed by atoms with E-state index in [0.717, 1.165) is 16.8 Å². The van der Waals surface area contributed by atoms with Crippen LogP contribution in [0.15, 0.2) is 59.7 Å². The molecule has 2 aromatic rings. The molecule has 2 rings (SSSR count). The van der Waals surface area contributed by atoms with Gasteiger partial charge in [-0.05, 0) is 42.4 Å². The number of halogens is 1. The van der Waals surface area contributed by atoms with Gasteiger partial charge in [0, 0.05) is 6.54 Å². The fourth-order valence-electron chi connectivity index (χ4n) is 1.71. The van der Waals surface area contributed by atoms with Gasteiger partial charge in [-0.3, -0.25) is 5.43 Å². The molecule has 0 saturated carbocycles. The monoisotopic (exact) mass is 301 g/mol. The van der Waals surface area contributed by atoms with Crippen LogP contribution in [0, 0.1) is 5.82 Å². The summed E-state index contributed by atoms with van der Waals surface area (Å²) < 4.78 is 12.8. The SMILES string of the molecule is CC(=NNC(=S)NCc1ccccc1)c1ccc(F)cc1. The second-order valence-electron chi connectivity index (χ2n) is 4.48. The first kappa shape index (κ1) is 15.1. The maximum Gasteiger partial charge on any atom is 0.187 e. The van der Waals surface area contributed by atoms with Crippen molar-refractivity contribution >= 4 is 23.0 Å². The summed E-state index contributed by atoms with van der Waals surface area (Å²) in [5.74, 6) is -0.264. The molecule has 108 valence electrons. The Morgan fingerprint density at radius 2 is 1.76 bits per heavy atom. The van der Waals surface area contributed by atoms with Crippen molar-refractivity contribution in [3.05, 3.63) is 71.5 Å². The summed E-state index contributed by atoms with van der Waals surface area (Å²) in [6, 6.07) is 16.1. The molecule has 0 radical (unpaired) electrons. The Morgan fingerprint density at radius 1 is 1.10 bits per heavy atom. The van der Waals surface area contributed by atoms with Crippen LogP contribution in [0.2, 0.25) is 0 Å². The largest absolute Gasteiger partial charge is 0.357 e. The van der Waals surface area contributed by atoms with E-state index in [-0.39, 0.29) is 5.82 Å². The molecule has 0 unspecified atom stereocenters. The van der Waals surface area contributed by atoms with E-state index in [4.69, 9.17) is 12.2 Å². The van der Waals surface area contributed by atoms with Gasteiger partial charge in [-0.1, -0.05) is 42.5 Å². The normalized spacial score (nSPS) is 11.0. The summed E-state index contributed by atoms with van der Waals surface area (Å²) in [4.78, 5) is 0. The van der Waals surface area contributed by atoms with Crippen molar-refractivity contribution in [2.45, 2.75) is 13.5 Å². The molecule has 0 spiro atoms. The maximum atomic E-state index is 12.8. The number of nitrogens with one attached hydrogen (secondary N) is 2. The van der Waals surface area contributed by atoms with Gasteiger partial charge in [0.25, 0.3) is 0 Å². The third-order valence-electron chi connectivity index (χ3n) is 2.88. The molecule has 2 aromatic carbocycles. The van der Waals surface area contributed by atoms with Crippen LogP contribution in [-0.4, -0.2) is 10.8 Å². The molecule has 0 bridgehead atoms. The maximum absolute atomic E-state index is 12.8. The van der Waals surface area contributed by atoms with Gasteiger partial charge in [-0.15, -0.1) is 0 Å². The molecule has 0 aromatic heterocycles. The van der Waals surface area contributed by atoms with E-state index in [2.05, 4.69) is 15.8 Å². The highest BCUT2D eigenvalue weighted by atomic mass is 32.1. The first-order valence-electron chi connectivity index (χ1n) is 6.53. The predicted octanol–water partition coefficient (Wildman–Crippen LogP) is 3.21. The Kier molecular flexibility index (Phi) is 5.40. The van der Waals surface area contributed by atoms with Crippen molar-refractivity contribution in [3.63, 3.8) is 0 Å². The molecular weight excluding hydrogens is 285 g/mol. The number of hydrazone groups is 1. The third kappa shape index (κ3) is 4.96. The Balaban J connectivity index is 1.85. The number of nitrogens with zero attached hydrogens (tertiary/aromatic N) is 1. The van der Waals surface area contributed by atoms with E-state index in [1.54, 1.807) is 12.1 Å². The molecule has 2 N–H and O–H groups in total. The molecule has 0 aliphatic heterocycles. The molecule has 0 atom stereocenters. The topological polar surface area (TPSA) is 36.4 Å². The van der Waals surface area contributed by atoms with Crippen LogP contribution in [0.25, 0.3) is 0 Å². The third-order valence-corrected chi connectivity index (χ3v) is 3.12. The lowest BCUT2D eigenvalue weighted by Gasteiger charge is -2.08. The molecule has 3 nitrogen and oxygen atoms in total. The second kappa shape index (κ2) is 7.50. The Labute approximate surface area is 128 Å². The van der Waals surface area contributed by atoms with E-state index in [0.29, 0.717) is 11.7 Å². The smallest absolute Gasteiger partial charge is 0.187 e. The average molecular weight is 301 g/mol. The number of hydrogen-bond acceptors (Lipinski definition) is 2. The lowest BCUT2D eigenvalue weighted by molar-refractivity contribution is 0.628. The molecule has 0 amide bonds. The summed E-state index contributed by atoms with van der Waals surface area (Å²) >= 11 is 5.15. The van der Waals surface area contributed by atoms with Gasteiger partial charge in [-0.2, -0.15) is 5.10 Å². The summed E-state index contributed by atoms with van der Waals surface area (Å²) in [6.45, 7) is 2.47. The molecule has 0 aliphatic rings. The van der Waals surface area contributed by atoms with Crippen molar-refractivity contribution in [1.82, 2.24) is 10.7 Å². The summed E-state index contributed by atoms with van der Waals surface area (Å²) in [6.07, 6.45) is 0. The lowest BCUT2D eigenvalue weighted by Crippen LogP contribution is -2.32. The first-order valence-corrected chi connectivity index (χ1v) is 6.94. The van der Waals surface area contributed by atoms with Crippen LogP contribution in [0.1, 0.15) is 18.1 Å². The van der Waals surface area contributed by atoms with Gasteiger partial charge in [-0.25, -0.2) is 4.39 Å². The molecule has 0 heterocycles. The lowest BCUT2D eigenvalue weighted by atomic mass is 10.1. The number of rotatable bonds is 4. The average Bonchev–Trinajstić information content (AvgIpc) is 2.52. The molecule has 0 fully saturated rings. The van der Waals surface area contributed by atoms with Gasteiger partial charge in [0.05, 0.1) is 5.71 Å². The van der Waals surface area contributed by atoms with E-state index in [1.165, 1.54) is 12.1 Å². The highest BCUT2D eigenvalue weighted by Gasteiger charge is 1.99. The van der Waals surface area contributed by atoms with E-state index in [9.17, 15) is 4.39 Å². The number of thiocarbonyl (C=S) groups is 1. The van der Waals surface area contributed by atoms with Gasteiger partial charge in [0.15, 0.2) is 5.11 Å². The van der Waals surface area contributed by atoms with E-state index < -0.39 is 0 Å². The molecule has 0 saturated heterocycles. The Bertz CT molecular complexity index is 624. The fraction of sp³-hybridized carbons (Fsp3) is 0.125. The van der Waals surface area contributed by atoms with Gasteiger partial charge in [0.2, 0.25) is 0 Å². The standard InChI is InChI=1S/C16H16FN3S/c1-12(14-7-9-15(17)10-8-14)19-20-16(21)18-11-13-5-3-2-4-6-13/h2-10H,11H2,1H3,(H2,18,20,21). The Morgan fingerprint density at radius 3 is 2.43 bits per heavy atom. The predicted molar refractivity (Wildman–Crippen MR) is 87.6 cm³/mol. The zero-order valence-electron chi connectivity index (χ0n) is 11.6. The van der Waals surface area contributed by atoms with Gasteiger partial charge < -0.3 is 5.32 Å².